The molecule has 0 aliphatic heterocycles. The molecule has 2 aromatic carbocycles. The third-order valence-corrected chi connectivity index (χ3v) is 3.93. The first kappa shape index (κ1) is 15.9. The van der Waals surface area contributed by atoms with Gasteiger partial charge in [0.15, 0.2) is 0 Å². The van der Waals surface area contributed by atoms with E-state index in [-0.39, 0.29) is 5.91 Å². The van der Waals surface area contributed by atoms with Crippen LogP contribution in [0.1, 0.15) is 22.3 Å². The van der Waals surface area contributed by atoms with Crippen LogP contribution in [0.2, 0.25) is 10.0 Å². The van der Waals surface area contributed by atoms with E-state index in [1.807, 2.05) is 38.1 Å². The average Bonchev–Trinajstić information content (AvgIpc) is 2.42. The van der Waals surface area contributed by atoms with E-state index in [9.17, 15) is 4.79 Å². The van der Waals surface area contributed by atoms with Crippen molar-refractivity contribution in [2.45, 2.75) is 26.8 Å². The quantitative estimate of drug-likeness (QED) is 0.884. The Morgan fingerprint density at radius 3 is 2.52 bits per heavy atom. The summed E-state index contributed by atoms with van der Waals surface area (Å²) in [5, 5.41) is 4.04. The predicted molar refractivity (Wildman–Crippen MR) is 87.9 cm³/mol. The van der Waals surface area contributed by atoms with Crippen molar-refractivity contribution in [1.82, 2.24) is 5.32 Å². The fraction of sp³-hybridized carbons (Fsp3) is 0.235. The third kappa shape index (κ3) is 4.48. The first-order valence-corrected chi connectivity index (χ1v) is 7.48. The Bertz CT molecular complexity index is 668. The van der Waals surface area contributed by atoms with Crippen LogP contribution in [-0.2, 0) is 17.8 Å². The second-order valence-corrected chi connectivity index (χ2v) is 5.96. The van der Waals surface area contributed by atoms with Gasteiger partial charge in [-0.15, -0.1) is 0 Å². The highest BCUT2D eigenvalue weighted by atomic mass is 35.5. The lowest BCUT2D eigenvalue weighted by atomic mass is 10.0. The number of aryl methyl sites for hydroxylation is 2. The molecule has 2 rings (SSSR count). The monoisotopic (exact) mass is 321 g/mol. The van der Waals surface area contributed by atoms with E-state index in [1.165, 1.54) is 0 Å². The summed E-state index contributed by atoms with van der Waals surface area (Å²) in [4.78, 5) is 12.0. The van der Waals surface area contributed by atoms with E-state index in [4.69, 9.17) is 23.2 Å². The molecule has 0 unspecified atom stereocenters. The van der Waals surface area contributed by atoms with Crippen LogP contribution >= 0.6 is 23.2 Å². The van der Waals surface area contributed by atoms with Crippen molar-refractivity contribution in [2.75, 3.05) is 0 Å². The van der Waals surface area contributed by atoms with E-state index in [1.54, 1.807) is 12.1 Å². The molecule has 0 fully saturated rings. The van der Waals surface area contributed by atoms with Gasteiger partial charge in [0.1, 0.15) is 0 Å². The van der Waals surface area contributed by atoms with Gasteiger partial charge in [-0.1, -0.05) is 53.0 Å². The highest BCUT2D eigenvalue weighted by Crippen LogP contribution is 2.20. The summed E-state index contributed by atoms with van der Waals surface area (Å²) in [7, 11) is 0. The Kier molecular flexibility index (Phi) is 5.27. The Morgan fingerprint density at radius 2 is 1.81 bits per heavy atom. The largest absolute Gasteiger partial charge is 0.352 e. The Hall–Kier alpha value is -1.51. The van der Waals surface area contributed by atoms with Gasteiger partial charge in [0.25, 0.3) is 0 Å². The van der Waals surface area contributed by atoms with Crippen molar-refractivity contribution in [3.63, 3.8) is 0 Å². The first-order valence-electron chi connectivity index (χ1n) is 6.72. The molecular formula is C17H17Cl2NO. The molecule has 1 N–H and O–H groups in total. The van der Waals surface area contributed by atoms with Crippen molar-refractivity contribution in [2.24, 2.45) is 0 Å². The zero-order valence-corrected chi connectivity index (χ0v) is 13.6. The SMILES string of the molecule is Cc1ccc(C)c(CC(=O)NCc2ccc(Cl)cc2Cl)c1. The zero-order valence-electron chi connectivity index (χ0n) is 12.0. The second kappa shape index (κ2) is 6.97. The number of hydrogen-bond donors (Lipinski definition) is 1. The number of halogens is 2. The molecule has 0 atom stereocenters. The molecule has 2 nitrogen and oxygen atoms in total. The van der Waals surface area contributed by atoms with Gasteiger partial charge in [0, 0.05) is 16.6 Å². The standard InChI is InChI=1S/C17H17Cl2NO/c1-11-3-4-12(2)14(7-11)8-17(21)20-10-13-5-6-15(18)9-16(13)19/h3-7,9H,8,10H2,1-2H3,(H,20,21). The van der Waals surface area contributed by atoms with Gasteiger partial charge in [-0.25, -0.2) is 0 Å². The van der Waals surface area contributed by atoms with Gasteiger partial charge in [0.05, 0.1) is 6.42 Å². The van der Waals surface area contributed by atoms with Crippen LogP contribution in [0.15, 0.2) is 36.4 Å². The van der Waals surface area contributed by atoms with Crippen LogP contribution < -0.4 is 5.32 Å². The van der Waals surface area contributed by atoms with E-state index in [2.05, 4.69) is 5.32 Å². The summed E-state index contributed by atoms with van der Waals surface area (Å²) in [5.74, 6) is -0.0188. The molecule has 0 saturated carbocycles. The molecule has 0 bridgehead atoms. The molecule has 0 saturated heterocycles. The van der Waals surface area contributed by atoms with Gasteiger partial charge >= 0.3 is 0 Å². The molecule has 1 amide bonds. The maximum Gasteiger partial charge on any atom is 0.224 e. The smallest absolute Gasteiger partial charge is 0.224 e. The fourth-order valence-electron chi connectivity index (χ4n) is 2.09. The van der Waals surface area contributed by atoms with Crippen molar-refractivity contribution in [3.05, 3.63) is 68.7 Å². The molecule has 0 radical (unpaired) electrons. The molecule has 2 aromatic rings. The van der Waals surface area contributed by atoms with Gasteiger partial charge in [-0.05, 0) is 42.7 Å². The van der Waals surface area contributed by atoms with Crippen molar-refractivity contribution >= 4 is 29.1 Å². The molecule has 110 valence electrons. The van der Waals surface area contributed by atoms with Gasteiger partial charge < -0.3 is 5.32 Å². The Balaban J connectivity index is 1.97. The summed E-state index contributed by atoms with van der Waals surface area (Å²) in [6, 6.07) is 11.4. The maximum atomic E-state index is 12.0. The topological polar surface area (TPSA) is 29.1 Å². The average molecular weight is 322 g/mol. The molecule has 0 heterocycles. The van der Waals surface area contributed by atoms with Gasteiger partial charge in [-0.2, -0.15) is 0 Å². The lowest BCUT2D eigenvalue weighted by molar-refractivity contribution is -0.120. The molecule has 4 heteroatoms. The number of rotatable bonds is 4. The van der Waals surface area contributed by atoms with Crippen LogP contribution in [0.25, 0.3) is 0 Å². The maximum absolute atomic E-state index is 12.0. The van der Waals surface area contributed by atoms with E-state index < -0.39 is 0 Å². The highest BCUT2D eigenvalue weighted by Gasteiger charge is 2.08. The van der Waals surface area contributed by atoms with Crippen molar-refractivity contribution in [3.8, 4) is 0 Å². The van der Waals surface area contributed by atoms with Gasteiger partial charge in [0.2, 0.25) is 5.91 Å². The number of carbonyl (C=O) groups is 1. The lowest BCUT2D eigenvalue weighted by Crippen LogP contribution is -2.25. The number of benzene rings is 2. The normalized spacial score (nSPS) is 10.5. The fourth-order valence-corrected chi connectivity index (χ4v) is 2.56. The summed E-state index contributed by atoms with van der Waals surface area (Å²) >= 11 is 11.9. The molecule has 21 heavy (non-hydrogen) atoms. The summed E-state index contributed by atoms with van der Waals surface area (Å²) in [6.45, 7) is 4.44. The van der Waals surface area contributed by atoms with Gasteiger partial charge in [-0.3, -0.25) is 4.79 Å². The third-order valence-electron chi connectivity index (χ3n) is 3.35. The number of hydrogen-bond acceptors (Lipinski definition) is 1. The summed E-state index contributed by atoms with van der Waals surface area (Å²) in [5.41, 5.74) is 4.19. The lowest BCUT2D eigenvalue weighted by Gasteiger charge is -2.09. The van der Waals surface area contributed by atoms with E-state index in [0.717, 1.165) is 22.3 Å². The first-order chi connectivity index (χ1) is 9.95. The van der Waals surface area contributed by atoms with E-state index >= 15 is 0 Å². The minimum Gasteiger partial charge on any atom is -0.352 e. The highest BCUT2D eigenvalue weighted by molar-refractivity contribution is 6.35. The molecular weight excluding hydrogens is 305 g/mol. The zero-order chi connectivity index (χ0) is 15.4. The van der Waals surface area contributed by atoms with Crippen LogP contribution in [-0.4, -0.2) is 5.91 Å². The minimum atomic E-state index is -0.0188. The van der Waals surface area contributed by atoms with Crippen molar-refractivity contribution < 1.29 is 4.79 Å². The van der Waals surface area contributed by atoms with Crippen LogP contribution in [0.5, 0.6) is 0 Å². The molecule has 0 aliphatic carbocycles. The van der Waals surface area contributed by atoms with Crippen LogP contribution in [0.4, 0.5) is 0 Å². The van der Waals surface area contributed by atoms with E-state index in [0.29, 0.717) is 23.0 Å². The summed E-state index contributed by atoms with van der Waals surface area (Å²) < 4.78 is 0. The number of nitrogens with one attached hydrogen (secondary N) is 1. The Morgan fingerprint density at radius 1 is 1.05 bits per heavy atom. The minimum absolute atomic E-state index is 0.0188. The van der Waals surface area contributed by atoms with Crippen LogP contribution in [0, 0.1) is 13.8 Å². The van der Waals surface area contributed by atoms with Crippen LogP contribution in [0.3, 0.4) is 0 Å². The molecule has 0 spiro atoms. The predicted octanol–water partition coefficient (Wildman–Crippen LogP) is 4.47. The molecule has 0 aromatic heterocycles. The summed E-state index contributed by atoms with van der Waals surface area (Å²) in [6.07, 6.45) is 0.374. The second-order valence-electron chi connectivity index (χ2n) is 5.12. The molecule has 0 aliphatic rings. The number of amides is 1. The number of carbonyl (C=O) groups excluding carboxylic acids is 1. The Labute approximate surface area is 135 Å². The van der Waals surface area contributed by atoms with Crippen molar-refractivity contribution in [1.29, 1.82) is 0 Å².